The lowest BCUT2D eigenvalue weighted by molar-refractivity contribution is 0.0995. The second kappa shape index (κ2) is 5.59. The molecule has 0 spiro atoms. The number of pyridine rings is 1. The fourth-order valence-corrected chi connectivity index (χ4v) is 2.21. The number of hydrogen-bond donors (Lipinski definition) is 3. The van der Waals surface area contributed by atoms with Gasteiger partial charge in [-0.1, -0.05) is 24.3 Å². The van der Waals surface area contributed by atoms with Crippen LogP contribution in [0.15, 0.2) is 42.9 Å². The zero-order valence-corrected chi connectivity index (χ0v) is 11.5. The summed E-state index contributed by atoms with van der Waals surface area (Å²) in [7, 11) is -1.48. The van der Waals surface area contributed by atoms with Gasteiger partial charge in [0.25, 0.3) is 5.91 Å². The van der Waals surface area contributed by atoms with Crippen LogP contribution in [0, 0.1) is 0 Å². The molecule has 1 aromatic carbocycles. The summed E-state index contributed by atoms with van der Waals surface area (Å²) in [5.74, 6) is -0.587. The van der Waals surface area contributed by atoms with Gasteiger partial charge in [0, 0.05) is 6.54 Å². The molecule has 0 aliphatic carbocycles. The van der Waals surface area contributed by atoms with Crippen LogP contribution in [-0.2, 0) is 6.54 Å². The molecule has 7 nitrogen and oxygen atoms in total. The van der Waals surface area contributed by atoms with E-state index in [1.54, 1.807) is 36.7 Å². The number of carbonyl (C=O) groups is 1. The summed E-state index contributed by atoms with van der Waals surface area (Å²) in [6, 6.07) is 8.51. The van der Waals surface area contributed by atoms with Crippen LogP contribution in [0.4, 0.5) is 0 Å². The third-order valence-electron chi connectivity index (χ3n) is 3.39. The van der Waals surface area contributed by atoms with Gasteiger partial charge < -0.3 is 20.3 Å². The van der Waals surface area contributed by atoms with Crippen molar-refractivity contribution in [2.24, 2.45) is 5.73 Å². The molecular weight excluding hydrogens is 283 g/mol. The van der Waals surface area contributed by atoms with Crippen LogP contribution in [0.3, 0.4) is 0 Å². The smallest absolute Gasteiger partial charge is 0.423 e. The first-order valence-electron chi connectivity index (χ1n) is 6.60. The van der Waals surface area contributed by atoms with Crippen LogP contribution in [-0.4, -0.2) is 37.6 Å². The number of imidazole rings is 1. The molecule has 0 radical (unpaired) electrons. The molecule has 22 heavy (non-hydrogen) atoms. The quantitative estimate of drug-likeness (QED) is 0.549. The Kier molecular flexibility index (Phi) is 3.62. The molecule has 0 aliphatic rings. The molecule has 0 aliphatic heterocycles. The van der Waals surface area contributed by atoms with Gasteiger partial charge in [-0.05, 0) is 17.1 Å². The van der Waals surface area contributed by atoms with Crippen molar-refractivity contribution in [3.8, 4) is 0 Å². The second-order valence-corrected chi connectivity index (χ2v) is 4.91. The van der Waals surface area contributed by atoms with E-state index in [2.05, 4.69) is 9.97 Å². The van der Waals surface area contributed by atoms with Crippen molar-refractivity contribution in [2.45, 2.75) is 6.54 Å². The number of nitrogens with two attached hydrogens (primary N) is 1. The van der Waals surface area contributed by atoms with Gasteiger partial charge in [0.05, 0.1) is 18.0 Å². The van der Waals surface area contributed by atoms with Crippen molar-refractivity contribution in [3.63, 3.8) is 0 Å². The van der Waals surface area contributed by atoms with Gasteiger partial charge in [-0.15, -0.1) is 0 Å². The molecular formula is C14H13BN4O3. The maximum atomic E-state index is 11.2. The zero-order chi connectivity index (χ0) is 15.7. The summed E-state index contributed by atoms with van der Waals surface area (Å²) >= 11 is 0. The van der Waals surface area contributed by atoms with Crippen molar-refractivity contribution >= 4 is 29.5 Å². The Bertz CT molecular complexity index is 830. The number of primary amides is 1. The number of benzene rings is 1. The molecule has 0 saturated heterocycles. The molecule has 2 aromatic heterocycles. The maximum absolute atomic E-state index is 11.2. The van der Waals surface area contributed by atoms with E-state index in [4.69, 9.17) is 15.8 Å². The average molecular weight is 296 g/mol. The monoisotopic (exact) mass is 296 g/mol. The largest absolute Gasteiger partial charge is 0.488 e. The number of nitrogens with zero attached hydrogens (tertiary/aromatic N) is 3. The SMILES string of the molecule is NC(=O)c1cc2c(cn1)ncn2Cc1ccc(B(O)O)cc1. The van der Waals surface area contributed by atoms with Crippen LogP contribution in [0.2, 0.25) is 0 Å². The Morgan fingerprint density at radius 3 is 2.59 bits per heavy atom. The molecule has 2 heterocycles. The Morgan fingerprint density at radius 2 is 1.95 bits per heavy atom. The second-order valence-electron chi connectivity index (χ2n) is 4.91. The maximum Gasteiger partial charge on any atom is 0.488 e. The van der Waals surface area contributed by atoms with E-state index in [1.807, 2.05) is 4.57 Å². The van der Waals surface area contributed by atoms with E-state index >= 15 is 0 Å². The molecule has 8 heteroatoms. The van der Waals surface area contributed by atoms with E-state index in [-0.39, 0.29) is 5.69 Å². The Balaban J connectivity index is 1.93. The van der Waals surface area contributed by atoms with E-state index < -0.39 is 13.0 Å². The summed E-state index contributed by atoms with van der Waals surface area (Å²) in [6.45, 7) is 0.528. The standard InChI is InChI=1S/C14H13BN4O3/c16-14(20)11-5-13-12(6-17-11)18-8-19(13)7-9-1-3-10(4-2-9)15(21)22/h1-6,8,21-22H,7H2,(H2,16,20). The van der Waals surface area contributed by atoms with Crippen molar-refractivity contribution in [3.05, 3.63) is 54.1 Å². The highest BCUT2D eigenvalue weighted by Crippen LogP contribution is 2.14. The van der Waals surface area contributed by atoms with Crippen molar-refractivity contribution in [1.29, 1.82) is 0 Å². The van der Waals surface area contributed by atoms with Crippen LogP contribution in [0.25, 0.3) is 11.0 Å². The molecule has 3 aromatic rings. The van der Waals surface area contributed by atoms with Gasteiger partial charge in [0.15, 0.2) is 0 Å². The predicted octanol–water partition coefficient (Wildman–Crippen LogP) is -0.742. The lowest BCUT2D eigenvalue weighted by atomic mass is 9.80. The number of amides is 1. The molecule has 1 amide bonds. The molecule has 0 saturated carbocycles. The van der Waals surface area contributed by atoms with E-state index in [1.165, 1.54) is 6.20 Å². The number of carbonyl (C=O) groups excluding carboxylic acids is 1. The Hall–Kier alpha value is -2.71. The minimum atomic E-state index is -1.48. The highest BCUT2D eigenvalue weighted by Gasteiger charge is 2.11. The van der Waals surface area contributed by atoms with Gasteiger partial charge in [0.2, 0.25) is 0 Å². The summed E-state index contributed by atoms with van der Waals surface area (Å²) in [4.78, 5) is 19.4. The summed E-state index contributed by atoms with van der Waals surface area (Å²) in [5.41, 5.74) is 8.25. The van der Waals surface area contributed by atoms with Gasteiger partial charge in [-0.2, -0.15) is 0 Å². The topological polar surface area (TPSA) is 114 Å². The third kappa shape index (κ3) is 2.69. The number of hydrogen-bond acceptors (Lipinski definition) is 5. The third-order valence-corrected chi connectivity index (χ3v) is 3.39. The van der Waals surface area contributed by atoms with Gasteiger partial charge in [-0.3, -0.25) is 4.79 Å². The van der Waals surface area contributed by atoms with Crippen molar-refractivity contribution < 1.29 is 14.8 Å². The fraction of sp³-hybridized carbons (Fsp3) is 0.0714. The molecule has 0 fully saturated rings. The van der Waals surface area contributed by atoms with Crippen molar-refractivity contribution in [1.82, 2.24) is 14.5 Å². The van der Waals surface area contributed by atoms with Crippen molar-refractivity contribution in [2.75, 3.05) is 0 Å². The van der Waals surface area contributed by atoms with Crippen LogP contribution in [0.5, 0.6) is 0 Å². The molecule has 0 atom stereocenters. The number of aromatic nitrogens is 3. The minimum Gasteiger partial charge on any atom is -0.423 e. The average Bonchev–Trinajstić information content (AvgIpc) is 2.90. The summed E-state index contributed by atoms with van der Waals surface area (Å²) in [6.07, 6.45) is 3.17. The Labute approximate surface area is 126 Å². The molecule has 110 valence electrons. The first-order valence-corrected chi connectivity index (χ1v) is 6.60. The van der Waals surface area contributed by atoms with Crippen LogP contribution >= 0.6 is 0 Å². The normalized spacial score (nSPS) is 10.8. The van der Waals surface area contributed by atoms with Crippen LogP contribution in [0.1, 0.15) is 16.1 Å². The Morgan fingerprint density at radius 1 is 1.23 bits per heavy atom. The van der Waals surface area contributed by atoms with E-state index in [0.717, 1.165) is 11.1 Å². The van der Waals surface area contributed by atoms with E-state index in [0.29, 0.717) is 17.5 Å². The van der Waals surface area contributed by atoms with Crippen LogP contribution < -0.4 is 11.2 Å². The number of rotatable bonds is 4. The first-order chi connectivity index (χ1) is 10.5. The first kappa shape index (κ1) is 14.2. The zero-order valence-electron chi connectivity index (χ0n) is 11.5. The molecule has 0 bridgehead atoms. The highest BCUT2D eigenvalue weighted by molar-refractivity contribution is 6.58. The summed E-state index contributed by atoms with van der Waals surface area (Å²) in [5, 5.41) is 18.2. The minimum absolute atomic E-state index is 0.188. The van der Waals surface area contributed by atoms with E-state index in [9.17, 15) is 4.79 Å². The van der Waals surface area contributed by atoms with Gasteiger partial charge in [-0.25, -0.2) is 9.97 Å². The predicted molar refractivity (Wildman–Crippen MR) is 81.4 cm³/mol. The lowest BCUT2D eigenvalue weighted by Gasteiger charge is -2.06. The highest BCUT2D eigenvalue weighted by atomic mass is 16.4. The lowest BCUT2D eigenvalue weighted by Crippen LogP contribution is -2.29. The number of fused-ring (bicyclic) bond motifs is 1. The molecule has 0 unspecified atom stereocenters. The van der Waals surface area contributed by atoms with Gasteiger partial charge in [0.1, 0.15) is 11.2 Å². The fourth-order valence-electron chi connectivity index (χ4n) is 2.21. The molecule has 3 rings (SSSR count). The van der Waals surface area contributed by atoms with Gasteiger partial charge >= 0.3 is 7.12 Å². The molecule has 4 N–H and O–H groups in total. The summed E-state index contributed by atoms with van der Waals surface area (Å²) < 4.78 is 1.87.